The van der Waals surface area contributed by atoms with E-state index in [1.165, 1.54) is 16.4 Å². The number of carbonyl (C=O) groups excluding carboxylic acids is 1. The molecular weight excluding hydrogens is 472 g/mol. The first kappa shape index (κ1) is 24.3. The summed E-state index contributed by atoms with van der Waals surface area (Å²) in [5, 5.41) is 0.325. The van der Waals surface area contributed by atoms with E-state index in [1.54, 1.807) is 48.3 Å². The molecule has 1 saturated heterocycles. The van der Waals surface area contributed by atoms with Gasteiger partial charge in [0.2, 0.25) is 0 Å². The maximum Gasteiger partial charge on any atom is 0.264 e. The molecule has 0 aromatic heterocycles. The highest BCUT2D eigenvalue weighted by Crippen LogP contribution is 2.32. The quantitative estimate of drug-likeness (QED) is 0.439. The van der Waals surface area contributed by atoms with Gasteiger partial charge in [0, 0.05) is 25.8 Å². The van der Waals surface area contributed by atoms with Crippen LogP contribution in [0.25, 0.3) is 0 Å². The number of benzene rings is 3. The third-order valence-electron chi connectivity index (χ3n) is 5.81. The lowest BCUT2D eigenvalue weighted by Gasteiger charge is -2.26. The Morgan fingerprint density at radius 1 is 1.03 bits per heavy atom. The zero-order valence-electron chi connectivity index (χ0n) is 18.9. The Kier molecular flexibility index (Phi) is 7.56. The van der Waals surface area contributed by atoms with Crippen molar-refractivity contribution in [3.63, 3.8) is 0 Å². The van der Waals surface area contributed by atoms with Crippen LogP contribution in [0.1, 0.15) is 28.8 Å². The number of hydrogen-bond acceptors (Lipinski definition) is 4. The lowest BCUT2D eigenvalue weighted by molar-refractivity contribution is 0.0587. The SMILES string of the molecule is CN(CC1CCCO1)C(=O)c1cccc(S(=O)(=O)N(Cc2ccccc2)c2ccccc2Cl)c1. The molecule has 1 unspecified atom stereocenters. The molecule has 0 aliphatic carbocycles. The van der Waals surface area contributed by atoms with Crippen LogP contribution >= 0.6 is 11.6 Å². The molecule has 0 bridgehead atoms. The van der Waals surface area contributed by atoms with Crippen LogP contribution in [-0.4, -0.2) is 45.5 Å². The Balaban J connectivity index is 1.66. The molecule has 1 amide bonds. The first-order chi connectivity index (χ1) is 16.4. The molecule has 1 atom stereocenters. The monoisotopic (exact) mass is 498 g/mol. The molecule has 178 valence electrons. The van der Waals surface area contributed by atoms with E-state index >= 15 is 0 Å². The fraction of sp³-hybridized carbons (Fsp3) is 0.269. The van der Waals surface area contributed by atoms with Crippen molar-refractivity contribution in [3.05, 3.63) is 95.0 Å². The average Bonchev–Trinajstić information content (AvgIpc) is 3.36. The number of para-hydroxylation sites is 1. The first-order valence-corrected chi connectivity index (χ1v) is 13.0. The van der Waals surface area contributed by atoms with E-state index in [1.807, 2.05) is 30.3 Å². The van der Waals surface area contributed by atoms with Gasteiger partial charge in [-0.1, -0.05) is 60.1 Å². The molecule has 4 rings (SSSR count). The second kappa shape index (κ2) is 10.6. The summed E-state index contributed by atoms with van der Waals surface area (Å²) in [5.74, 6) is -0.250. The van der Waals surface area contributed by atoms with Crippen LogP contribution in [0.2, 0.25) is 5.02 Å². The summed E-state index contributed by atoms with van der Waals surface area (Å²) in [7, 11) is -2.32. The number of rotatable bonds is 8. The number of carbonyl (C=O) groups is 1. The normalized spacial score (nSPS) is 15.8. The van der Waals surface area contributed by atoms with Crippen LogP contribution in [0.15, 0.2) is 83.8 Å². The Hall–Kier alpha value is -2.87. The van der Waals surface area contributed by atoms with Gasteiger partial charge in [0.1, 0.15) is 0 Å². The molecule has 0 saturated carbocycles. The van der Waals surface area contributed by atoms with Crippen molar-refractivity contribution in [2.75, 3.05) is 24.5 Å². The topological polar surface area (TPSA) is 66.9 Å². The summed E-state index contributed by atoms with van der Waals surface area (Å²) in [6.07, 6.45) is 1.92. The number of nitrogens with zero attached hydrogens (tertiary/aromatic N) is 2. The summed E-state index contributed by atoms with van der Waals surface area (Å²) in [5.41, 5.74) is 1.50. The number of amides is 1. The van der Waals surface area contributed by atoms with Gasteiger partial charge in [0.05, 0.1) is 28.3 Å². The molecule has 3 aromatic rings. The van der Waals surface area contributed by atoms with Gasteiger partial charge in [-0.2, -0.15) is 0 Å². The largest absolute Gasteiger partial charge is 0.376 e. The van der Waals surface area contributed by atoms with Crippen LogP contribution in [0.3, 0.4) is 0 Å². The Bertz CT molecular complexity index is 1240. The predicted octanol–water partition coefficient (Wildman–Crippen LogP) is 4.99. The Morgan fingerprint density at radius 2 is 1.76 bits per heavy atom. The molecule has 1 heterocycles. The highest BCUT2D eigenvalue weighted by Gasteiger charge is 2.28. The van der Waals surface area contributed by atoms with Crippen molar-refractivity contribution in [3.8, 4) is 0 Å². The molecule has 0 radical (unpaired) electrons. The minimum absolute atomic E-state index is 0.0162. The van der Waals surface area contributed by atoms with E-state index < -0.39 is 10.0 Å². The molecule has 34 heavy (non-hydrogen) atoms. The standard InChI is InChI=1S/C26H27ClN2O4S/c1-28(19-22-12-8-16-33-22)26(30)21-11-7-13-23(17-21)34(31,32)29(18-20-9-3-2-4-10-20)25-15-6-5-14-24(25)27/h2-7,9-11,13-15,17,22H,8,12,16,18-19H2,1H3. The minimum atomic E-state index is -4.03. The van der Waals surface area contributed by atoms with Crippen LogP contribution in [-0.2, 0) is 21.3 Å². The van der Waals surface area contributed by atoms with Crippen molar-refractivity contribution in [1.29, 1.82) is 0 Å². The van der Waals surface area contributed by atoms with Crippen LogP contribution in [0.5, 0.6) is 0 Å². The third-order valence-corrected chi connectivity index (χ3v) is 7.88. The van der Waals surface area contributed by atoms with Crippen molar-refractivity contribution in [1.82, 2.24) is 4.90 Å². The summed E-state index contributed by atoms with van der Waals surface area (Å²) >= 11 is 6.40. The maximum absolute atomic E-state index is 13.8. The molecular formula is C26H27ClN2O4S. The summed E-state index contributed by atoms with van der Waals surface area (Å²) < 4.78 is 34.6. The predicted molar refractivity (Wildman–Crippen MR) is 134 cm³/mol. The second-order valence-corrected chi connectivity index (χ2v) is 10.6. The summed E-state index contributed by atoms with van der Waals surface area (Å²) in [4.78, 5) is 14.6. The van der Waals surface area contributed by atoms with E-state index in [0.29, 0.717) is 29.4 Å². The van der Waals surface area contributed by atoms with Crippen LogP contribution in [0, 0.1) is 0 Å². The average molecular weight is 499 g/mol. The fourth-order valence-electron chi connectivity index (χ4n) is 4.02. The number of likely N-dealkylation sites (N-methyl/N-ethyl adjacent to an activating group) is 1. The van der Waals surface area contributed by atoms with E-state index in [2.05, 4.69) is 0 Å². The van der Waals surface area contributed by atoms with Gasteiger partial charge in [-0.05, 0) is 48.7 Å². The van der Waals surface area contributed by atoms with Gasteiger partial charge in [-0.25, -0.2) is 8.42 Å². The van der Waals surface area contributed by atoms with Gasteiger partial charge in [0.25, 0.3) is 15.9 Å². The highest BCUT2D eigenvalue weighted by molar-refractivity contribution is 7.92. The molecule has 1 aliphatic heterocycles. The zero-order chi connectivity index (χ0) is 24.1. The fourth-order valence-corrected chi connectivity index (χ4v) is 5.82. The van der Waals surface area contributed by atoms with Crippen LogP contribution in [0.4, 0.5) is 5.69 Å². The molecule has 3 aromatic carbocycles. The lowest BCUT2D eigenvalue weighted by atomic mass is 10.2. The molecule has 6 nitrogen and oxygen atoms in total. The minimum Gasteiger partial charge on any atom is -0.376 e. The third kappa shape index (κ3) is 5.43. The smallest absolute Gasteiger partial charge is 0.264 e. The Labute approximate surface area is 205 Å². The number of hydrogen-bond donors (Lipinski definition) is 0. The van der Waals surface area contributed by atoms with Crippen molar-refractivity contribution in [2.24, 2.45) is 0 Å². The Morgan fingerprint density at radius 3 is 2.47 bits per heavy atom. The number of ether oxygens (including phenoxy) is 1. The highest BCUT2D eigenvalue weighted by atomic mass is 35.5. The van der Waals surface area contributed by atoms with Gasteiger partial charge in [0.15, 0.2) is 0 Å². The van der Waals surface area contributed by atoms with Crippen molar-refractivity contribution in [2.45, 2.75) is 30.4 Å². The molecule has 8 heteroatoms. The van der Waals surface area contributed by atoms with E-state index in [9.17, 15) is 13.2 Å². The number of sulfonamides is 1. The maximum atomic E-state index is 13.8. The second-order valence-electron chi connectivity index (χ2n) is 8.30. The lowest BCUT2D eigenvalue weighted by Crippen LogP contribution is -2.34. The molecule has 0 spiro atoms. The van der Waals surface area contributed by atoms with Gasteiger partial charge in [-0.15, -0.1) is 0 Å². The van der Waals surface area contributed by atoms with E-state index in [4.69, 9.17) is 16.3 Å². The van der Waals surface area contributed by atoms with Gasteiger partial charge < -0.3 is 9.64 Å². The number of halogens is 1. The zero-order valence-corrected chi connectivity index (χ0v) is 20.5. The molecule has 1 fully saturated rings. The summed E-state index contributed by atoms with van der Waals surface area (Å²) in [6, 6.07) is 22.3. The number of anilines is 1. The van der Waals surface area contributed by atoms with Crippen molar-refractivity contribution >= 4 is 33.2 Å². The van der Waals surface area contributed by atoms with E-state index in [-0.39, 0.29) is 23.5 Å². The molecule has 1 aliphatic rings. The van der Waals surface area contributed by atoms with Crippen LogP contribution < -0.4 is 4.31 Å². The van der Waals surface area contributed by atoms with Crippen molar-refractivity contribution < 1.29 is 17.9 Å². The van der Waals surface area contributed by atoms with E-state index in [0.717, 1.165) is 18.4 Å². The summed E-state index contributed by atoms with van der Waals surface area (Å²) in [6.45, 7) is 1.28. The van der Waals surface area contributed by atoms with Gasteiger partial charge >= 0.3 is 0 Å². The van der Waals surface area contributed by atoms with Gasteiger partial charge in [-0.3, -0.25) is 9.10 Å². The first-order valence-electron chi connectivity index (χ1n) is 11.1. The molecule has 0 N–H and O–H groups in total.